The topological polar surface area (TPSA) is 59.6 Å². The normalized spacial score (nSPS) is 20.9. The number of para-hydroxylation sites is 1. The van der Waals surface area contributed by atoms with Crippen LogP contribution in [0.1, 0.15) is 39.2 Å². The van der Waals surface area contributed by atoms with Gasteiger partial charge >= 0.3 is 6.09 Å². The summed E-state index contributed by atoms with van der Waals surface area (Å²) in [6.45, 7) is 6.37. The highest BCUT2D eigenvalue weighted by atomic mass is 16.6. The van der Waals surface area contributed by atoms with E-state index in [0.29, 0.717) is 6.04 Å². The molecule has 5 nitrogen and oxygen atoms in total. The molecule has 0 heterocycles. The Morgan fingerprint density at radius 1 is 1.23 bits per heavy atom. The molecule has 1 aromatic carbocycles. The fourth-order valence-corrected chi connectivity index (χ4v) is 2.48. The van der Waals surface area contributed by atoms with Crippen molar-refractivity contribution >= 4 is 6.09 Å². The van der Waals surface area contributed by atoms with E-state index in [4.69, 9.17) is 9.47 Å². The summed E-state index contributed by atoms with van der Waals surface area (Å²) in [5.74, 6) is 0.901. The fourth-order valence-electron chi connectivity index (χ4n) is 2.48. The molecule has 1 aliphatic carbocycles. The van der Waals surface area contributed by atoms with Crippen LogP contribution in [0.15, 0.2) is 24.3 Å². The SMILES string of the molecule is COc1ccccc1CNC1CC(NC(=O)OC(C)(C)C)C1. The van der Waals surface area contributed by atoms with Crippen molar-refractivity contribution in [1.82, 2.24) is 10.6 Å². The van der Waals surface area contributed by atoms with E-state index in [0.717, 1.165) is 30.7 Å². The number of rotatable bonds is 5. The maximum atomic E-state index is 11.7. The summed E-state index contributed by atoms with van der Waals surface area (Å²) >= 11 is 0. The van der Waals surface area contributed by atoms with Gasteiger partial charge in [-0.05, 0) is 39.7 Å². The number of carbonyl (C=O) groups excluding carboxylic acids is 1. The molecule has 1 aromatic rings. The molecule has 0 unspecified atom stereocenters. The minimum absolute atomic E-state index is 0.199. The van der Waals surface area contributed by atoms with E-state index in [-0.39, 0.29) is 12.1 Å². The molecule has 2 rings (SSSR count). The minimum atomic E-state index is -0.449. The molecular formula is C17H26N2O3. The van der Waals surface area contributed by atoms with E-state index < -0.39 is 5.60 Å². The molecule has 0 atom stereocenters. The predicted molar refractivity (Wildman–Crippen MR) is 86.0 cm³/mol. The Morgan fingerprint density at radius 2 is 1.91 bits per heavy atom. The van der Waals surface area contributed by atoms with Gasteiger partial charge in [0.2, 0.25) is 0 Å². The summed E-state index contributed by atoms with van der Waals surface area (Å²) in [4.78, 5) is 11.7. The first-order valence-corrected chi connectivity index (χ1v) is 7.72. The van der Waals surface area contributed by atoms with E-state index in [1.54, 1.807) is 7.11 Å². The third-order valence-electron chi connectivity index (χ3n) is 3.63. The lowest BCUT2D eigenvalue weighted by molar-refractivity contribution is 0.0465. The third-order valence-corrected chi connectivity index (χ3v) is 3.63. The molecule has 0 radical (unpaired) electrons. The molecule has 2 N–H and O–H groups in total. The average Bonchev–Trinajstić information content (AvgIpc) is 2.39. The van der Waals surface area contributed by atoms with Crippen LogP contribution in [0.3, 0.4) is 0 Å². The lowest BCUT2D eigenvalue weighted by atomic mass is 9.86. The van der Waals surface area contributed by atoms with Crippen molar-refractivity contribution in [3.8, 4) is 5.75 Å². The van der Waals surface area contributed by atoms with Crippen molar-refractivity contribution < 1.29 is 14.3 Å². The van der Waals surface area contributed by atoms with Crippen molar-refractivity contribution in [1.29, 1.82) is 0 Å². The molecule has 0 saturated heterocycles. The van der Waals surface area contributed by atoms with Crippen LogP contribution in [-0.4, -0.2) is 30.9 Å². The molecule has 122 valence electrons. The van der Waals surface area contributed by atoms with Crippen LogP contribution >= 0.6 is 0 Å². The number of nitrogens with one attached hydrogen (secondary N) is 2. The quantitative estimate of drug-likeness (QED) is 0.878. The summed E-state index contributed by atoms with van der Waals surface area (Å²) in [5, 5.41) is 6.39. The van der Waals surface area contributed by atoms with Gasteiger partial charge in [0.15, 0.2) is 0 Å². The summed E-state index contributed by atoms with van der Waals surface area (Å²) in [6, 6.07) is 8.61. The summed E-state index contributed by atoms with van der Waals surface area (Å²) in [7, 11) is 1.68. The molecule has 0 bridgehead atoms. The lowest BCUT2D eigenvalue weighted by Crippen LogP contribution is -2.52. The van der Waals surface area contributed by atoms with Gasteiger partial charge < -0.3 is 20.1 Å². The number of hydrogen-bond donors (Lipinski definition) is 2. The molecule has 1 aliphatic rings. The van der Waals surface area contributed by atoms with Crippen molar-refractivity contribution in [3.05, 3.63) is 29.8 Å². The van der Waals surface area contributed by atoms with Crippen LogP contribution in [0.25, 0.3) is 0 Å². The number of methoxy groups -OCH3 is 1. The van der Waals surface area contributed by atoms with Gasteiger partial charge in [0.1, 0.15) is 11.4 Å². The van der Waals surface area contributed by atoms with E-state index >= 15 is 0 Å². The van der Waals surface area contributed by atoms with Gasteiger partial charge in [-0.1, -0.05) is 18.2 Å². The Labute approximate surface area is 132 Å². The van der Waals surface area contributed by atoms with Crippen molar-refractivity contribution in [2.24, 2.45) is 0 Å². The van der Waals surface area contributed by atoms with E-state index in [1.165, 1.54) is 0 Å². The number of ether oxygens (including phenoxy) is 2. The van der Waals surface area contributed by atoms with Crippen LogP contribution in [0.5, 0.6) is 5.75 Å². The molecule has 0 spiro atoms. The Kier molecular flexibility index (Phi) is 5.29. The maximum absolute atomic E-state index is 11.7. The summed E-state index contributed by atoms with van der Waals surface area (Å²) in [5.41, 5.74) is 0.698. The van der Waals surface area contributed by atoms with Gasteiger partial charge in [-0.2, -0.15) is 0 Å². The average molecular weight is 306 g/mol. The van der Waals surface area contributed by atoms with Gasteiger partial charge in [-0.25, -0.2) is 4.79 Å². The second-order valence-electron chi connectivity index (χ2n) is 6.70. The minimum Gasteiger partial charge on any atom is -0.496 e. The lowest BCUT2D eigenvalue weighted by Gasteiger charge is -2.36. The first-order chi connectivity index (χ1) is 10.4. The molecule has 0 aliphatic heterocycles. The Hall–Kier alpha value is -1.75. The van der Waals surface area contributed by atoms with Crippen molar-refractivity contribution in [3.63, 3.8) is 0 Å². The van der Waals surface area contributed by atoms with E-state index in [1.807, 2.05) is 39.0 Å². The molecule has 1 fully saturated rings. The maximum Gasteiger partial charge on any atom is 0.407 e. The monoisotopic (exact) mass is 306 g/mol. The molecule has 0 aromatic heterocycles. The standard InChI is InChI=1S/C17H26N2O3/c1-17(2,3)22-16(20)19-14-9-13(10-14)18-11-12-7-5-6-8-15(12)21-4/h5-8,13-14,18H,9-11H2,1-4H3,(H,19,20). The number of amides is 1. The number of hydrogen-bond acceptors (Lipinski definition) is 4. The Bertz CT molecular complexity index is 505. The highest BCUT2D eigenvalue weighted by Crippen LogP contribution is 2.23. The predicted octanol–water partition coefficient (Wildman–Crippen LogP) is 2.84. The zero-order chi connectivity index (χ0) is 16.2. The summed E-state index contributed by atoms with van der Waals surface area (Å²) < 4.78 is 10.6. The molecule has 22 heavy (non-hydrogen) atoms. The van der Waals surface area contributed by atoms with Crippen LogP contribution in [-0.2, 0) is 11.3 Å². The zero-order valence-electron chi connectivity index (χ0n) is 13.8. The van der Waals surface area contributed by atoms with Crippen LogP contribution < -0.4 is 15.4 Å². The van der Waals surface area contributed by atoms with Crippen LogP contribution in [0.4, 0.5) is 4.79 Å². The van der Waals surface area contributed by atoms with Gasteiger partial charge in [-0.15, -0.1) is 0 Å². The van der Waals surface area contributed by atoms with Gasteiger partial charge in [0, 0.05) is 24.2 Å². The van der Waals surface area contributed by atoms with Gasteiger partial charge in [-0.3, -0.25) is 0 Å². The van der Waals surface area contributed by atoms with Gasteiger partial charge in [0.05, 0.1) is 7.11 Å². The second-order valence-corrected chi connectivity index (χ2v) is 6.70. The van der Waals surface area contributed by atoms with E-state index in [2.05, 4.69) is 16.7 Å². The first-order valence-electron chi connectivity index (χ1n) is 7.72. The van der Waals surface area contributed by atoms with E-state index in [9.17, 15) is 4.79 Å². The highest BCUT2D eigenvalue weighted by molar-refractivity contribution is 5.68. The van der Waals surface area contributed by atoms with Crippen molar-refractivity contribution in [2.75, 3.05) is 7.11 Å². The second kappa shape index (κ2) is 7.01. The summed E-state index contributed by atoms with van der Waals surface area (Å²) in [6.07, 6.45) is 1.52. The largest absolute Gasteiger partial charge is 0.496 e. The molecular weight excluding hydrogens is 280 g/mol. The van der Waals surface area contributed by atoms with Gasteiger partial charge in [0.25, 0.3) is 0 Å². The number of benzene rings is 1. The Balaban J connectivity index is 1.68. The smallest absolute Gasteiger partial charge is 0.407 e. The van der Waals surface area contributed by atoms with Crippen LogP contribution in [0.2, 0.25) is 0 Å². The van der Waals surface area contributed by atoms with Crippen LogP contribution in [0, 0.1) is 0 Å². The molecule has 1 saturated carbocycles. The van der Waals surface area contributed by atoms with Crippen molar-refractivity contribution in [2.45, 2.75) is 57.8 Å². The number of alkyl carbamates (subject to hydrolysis) is 1. The zero-order valence-corrected chi connectivity index (χ0v) is 13.8. The number of carbonyl (C=O) groups is 1. The fraction of sp³-hybridized carbons (Fsp3) is 0.588. The Morgan fingerprint density at radius 3 is 2.55 bits per heavy atom. The molecule has 1 amide bonds. The first kappa shape index (κ1) is 16.6. The molecule has 5 heteroatoms. The highest BCUT2D eigenvalue weighted by Gasteiger charge is 2.31. The third kappa shape index (κ3) is 4.91.